The normalized spacial score (nSPS) is 11.6. The molecule has 0 spiro atoms. The van der Waals surface area contributed by atoms with Gasteiger partial charge in [-0.1, -0.05) is 11.6 Å². The Kier molecular flexibility index (Phi) is 2.73. The van der Waals surface area contributed by atoms with Gasteiger partial charge in [-0.3, -0.25) is 0 Å². The first-order chi connectivity index (χ1) is 7.51. The summed E-state index contributed by atoms with van der Waals surface area (Å²) in [5.74, 6) is 0. The largest absolute Gasteiger partial charge is 0.268 e. The van der Waals surface area contributed by atoms with Crippen LogP contribution in [0.5, 0.6) is 0 Å². The number of aromatic nitrogens is 2. The summed E-state index contributed by atoms with van der Waals surface area (Å²) in [4.78, 5) is 3.91. The summed E-state index contributed by atoms with van der Waals surface area (Å²) in [6.45, 7) is 1.76. The van der Waals surface area contributed by atoms with Crippen LogP contribution in [0.1, 0.15) is 5.56 Å². The number of imidazole rings is 1. The van der Waals surface area contributed by atoms with Crippen molar-refractivity contribution in [2.75, 3.05) is 0 Å². The van der Waals surface area contributed by atoms with E-state index in [1.807, 2.05) is 0 Å². The summed E-state index contributed by atoms with van der Waals surface area (Å²) in [5, 5.41) is 0.546. The topological polar surface area (TPSA) is 52.0 Å². The van der Waals surface area contributed by atoms with Crippen molar-refractivity contribution in [3.05, 3.63) is 47.5 Å². The second-order valence-electron chi connectivity index (χ2n) is 3.31. The molecule has 0 unspecified atom stereocenters. The molecule has 0 fully saturated rings. The second-order valence-corrected chi connectivity index (χ2v) is 5.56. The molecule has 1 heterocycles. The first-order valence-electron chi connectivity index (χ1n) is 4.51. The van der Waals surface area contributed by atoms with E-state index < -0.39 is 10.0 Å². The van der Waals surface area contributed by atoms with Crippen molar-refractivity contribution in [1.82, 2.24) is 8.96 Å². The van der Waals surface area contributed by atoms with Crippen molar-refractivity contribution in [2.24, 2.45) is 0 Å². The molecule has 0 aliphatic rings. The van der Waals surface area contributed by atoms with Gasteiger partial charge in [0.2, 0.25) is 0 Å². The first kappa shape index (κ1) is 11.2. The first-order valence-corrected chi connectivity index (χ1v) is 6.33. The van der Waals surface area contributed by atoms with Crippen LogP contribution in [0.15, 0.2) is 41.8 Å². The van der Waals surface area contributed by atoms with Crippen molar-refractivity contribution in [3.8, 4) is 0 Å². The molecule has 0 saturated carbocycles. The van der Waals surface area contributed by atoms with Gasteiger partial charge >= 0.3 is 0 Å². The molecule has 6 heteroatoms. The Labute approximate surface area is 98.6 Å². The molecule has 84 valence electrons. The molecule has 0 aliphatic carbocycles. The van der Waals surface area contributed by atoms with Gasteiger partial charge in [0, 0.05) is 17.4 Å². The van der Waals surface area contributed by atoms with Crippen molar-refractivity contribution >= 4 is 21.6 Å². The van der Waals surface area contributed by atoms with E-state index in [-0.39, 0.29) is 4.90 Å². The molecule has 16 heavy (non-hydrogen) atoms. The number of aryl methyl sites for hydroxylation is 1. The van der Waals surface area contributed by atoms with E-state index in [1.165, 1.54) is 30.9 Å². The van der Waals surface area contributed by atoms with Gasteiger partial charge in [-0.05, 0) is 30.7 Å². The predicted molar refractivity (Wildman–Crippen MR) is 61.0 cm³/mol. The molecular weight excluding hydrogens is 248 g/mol. The van der Waals surface area contributed by atoms with E-state index in [4.69, 9.17) is 11.6 Å². The average molecular weight is 257 g/mol. The Morgan fingerprint density at radius 3 is 2.69 bits per heavy atom. The molecule has 0 radical (unpaired) electrons. The van der Waals surface area contributed by atoms with Crippen LogP contribution in [-0.2, 0) is 10.0 Å². The smallest absolute Gasteiger partial charge is 0.244 e. The van der Waals surface area contributed by atoms with E-state index in [2.05, 4.69) is 4.98 Å². The molecular formula is C10H9ClN2O2S. The Hall–Kier alpha value is -1.33. The fraction of sp³-hybridized carbons (Fsp3) is 0.100. The van der Waals surface area contributed by atoms with Gasteiger partial charge in [0.25, 0.3) is 10.0 Å². The zero-order chi connectivity index (χ0) is 11.8. The molecule has 0 bridgehead atoms. The highest BCUT2D eigenvalue weighted by Gasteiger charge is 2.16. The zero-order valence-corrected chi connectivity index (χ0v) is 10.0. The van der Waals surface area contributed by atoms with Gasteiger partial charge in [-0.25, -0.2) is 17.4 Å². The number of hydrogen-bond acceptors (Lipinski definition) is 3. The highest BCUT2D eigenvalue weighted by Crippen LogP contribution is 2.20. The molecule has 0 atom stereocenters. The van der Waals surface area contributed by atoms with Crippen molar-refractivity contribution in [1.29, 1.82) is 0 Å². The molecule has 0 saturated heterocycles. The summed E-state index contributed by atoms with van der Waals surface area (Å²) in [7, 11) is -3.54. The lowest BCUT2D eigenvalue weighted by molar-refractivity contribution is 0.587. The van der Waals surface area contributed by atoms with E-state index in [1.54, 1.807) is 13.0 Å². The molecule has 2 aromatic rings. The molecule has 0 aliphatic heterocycles. The maximum absolute atomic E-state index is 12.0. The van der Waals surface area contributed by atoms with Crippen LogP contribution in [0.2, 0.25) is 5.02 Å². The quantitative estimate of drug-likeness (QED) is 0.827. The van der Waals surface area contributed by atoms with Gasteiger partial charge < -0.3 is 0 Å². The monoisotopic (exact) mass is 256 g/mol. The van der Waals surface area contributed by atoms with Crippen LogP contribution in [0, 0.1) is 6.92 Å². The fourth-order valence-corrected chi connectivity index (χ4v) is 2.61. The molecule has 4 nitrogen and oxygen atoms in total. The Balaban J connectivity index is 2.57. The lowest BCUT2D eigenvalue weighted by Gasteiger charge is -2.06. The summed E-state index contributed by atoms with van der Waals surface area (Å²) in [5.41, 5.74) is 0.725. The average Bonchev–Trinajstić information content (AvgIpc) is 2.75. The highest BCUT2D eigenvalue weighted by molar-refractivity contribution is 7.90. The van der Waals surface area contributed by atoms with Crippen LogP contribution in [0.3, 0.4) is 0 Å². The van der Waals surface area contributed by atoms with E-state index in [0.717, 1.165) is 9.54 Å². The standard InChI is InChI=1S/C10H9ClN2O2S/c1-8-6-9(2-3-10(8)11)16(14,15)13-5-4-12-7-13/h2-7H,1H3. The SMILES string of the molecule is Cc1cc(S(=O)(=O)n2ccnc2)ccc1Cl. The zero-order valence-electron chi connectivity index (χ0n) is 8.46. The third kappa shape index (κ3) is 1.83. The van der Waals surface area contributed by atoms with Gasteiger partial charge in [-0.15, -0.1) is 0 Å². The minimum Gasteiger partial charge on any atom is -0.244 e. The number of halogens is 1. The van der Waals surface area contributed by atoms with Gasteiger partial charge in [-0.2, -0.15) is 0 Å². The van der Waals surface area contributed by atoms with E-state index >= 15 is 0 Å². The predicted octanol–water partition coefficient (Wildman–Crippen LogP) is 2.08. The van der Waals surface area contributed by atoms with Crippen LogP contribution in [0.25, 0.3) is 0 Å². The molecule has 2 rings (SSSR count). The van der Waals surface area contributed by atoms with Gasteiger partial charge in [0.1, 0.15) is 6.33 Å². The lowest BCUT2D eigenvalue weighted by Crippen LogP contribution is -2.10. The molecule has 1 aromatic carbocycles. The Morgan fingerprint density at radius 1 is 1.38 bits per heavy atom. The van der Waals surface area contributed by atoms with Gasteiger partial charge in [0.15, 0.2) is 0 Å². The highest BCUT2D eigenvalue weighted by atomic mass is 35.5. The van der Waals surface area contributed by atoms with Crippen LogP contribution in [0.4, 0.5) is 0 Å². The second kappa shape index (κ2) is 3.92. The van der Waals surface area contributed by atoms with Crippen molar-refractivity contribution in [3.63, 3.8) is 0 Å². The summed E-state index contributed by atoms with van der Waals surface area (Å²) in [6, 6.07) is 4.59. The maximum atomic E-state index is 12.0. The number of hydrogen-bond donors (Lipinski definition) is 0. The van der Waals surface area contributed by atoms with E-state index in [0.29, 0.717) is 5.02 Å². The summed E-state index contributed by atoms with van der Waals surface area (Å²) >= 11 is 5.84. The number of benzene rings is 1. The Morgan fingerprint density at radius 2 is 2.12 bits per heavy atom. The molecule has 0 amide bonds. The van der Waals surface area contributed by atoms with E-state index in [9.17, 15) is 8.42 Å². The number of nitrogens with zero attached hydrogens (tertiary/aromatic N) is 2. The Bertz CT molecular complexity index is 606. The van der Waals surface area contributed by atoms with Gasteiger partial charge in [0.05, 0.1) is 4.90 Å². The lowest BCUT2D eigenvalue weighted by atomic mass is 10.2. The molecule has 0 N–H and O–H groups in total. The number of rotatable bonds is 2. The summed E-state index contributed by atoms with van der Waals surface area (Å²) in [6.07, 6.45) is 4.05. The van der Waals surface area contributed by atoms with Crippen LogP contribution >= 0.6 is 11.6 Å². The maximum Gasteiger partial charge on any atom is 0.268 e. The van der Waals surface area contributed by atoms with Crippen molar-refractivity contribution < 1.29 is 8.42 Å². The summed E-state index contributed by atoms with van der Waals surface area (Å²) < 4.78 is 25.1. The molecule has 1 aromatic heterocycles. The third-order valence-electron chi connectivity index (χ3n) is 2.18. The van der Waals surface area contributed by atoms with Crippen molar-refractivity contribution in [2.45, 2.75) is 11.8 Å². The minimum absolute atomic E-state index is 0.201. The third-order valence-corrected chi connectivity index (χ3v) is 4.23. The van der Waals surface area contributed by atoms with Crippen LogP contribution < -0.4 is 0 Å². The fourth-order valence-electron chi connectivity index (χ4n) is 1.29. The minimum atomic E-state index is -3.54. The van der Waals surface area contributed by atoms with Crippen LogP contribution in [-0.4, -0.2) is 17.4 Å².